The van der Waals surface area contributed by atoms with Gasteiger partial charge in [0.15, 0.2) is 0 Å². The fraction of sp³-hybridized carbons (Fsp3) is 0.333. The van der Waals surface area contributed by atoms with E-state index in [4.69, 9.17) is 0 Å². The normalized spacial score (nSPS) is 14.8. The van der Waals surface area contributed by atoms with Gasteiger partial charge in [0.1, 0.15) is 10.7 Å². The lowest BCUT2D eigenvalue weighted by molar-refractivity contribution is -0.131. The van der Waals surface area contributed by atoms with Crippen LogP contribution in [0.4, 0.5) is 9.18 Å². The van der Waals surface area contributed by atoms with Crippen LogP contribution in [0.5, 0.6) is 0 Å². The summed E-state index contributed by atoms with van der Waals surface area (Å²) in [5.74, 6) is -1.12. The maximum Gasteiger partial charge on any atom is 0.315 e. The zero-order chi connectivity index (χ0) is 22.4. The smallest absolute Gasteiger partial charge is 0.315 e. The van der Waals surface area contributed by atoms with E-state index in [1.807, 2.05) is 31.2 Å². The summed E-state index contributed by atoms with van der Waals surface area (Å²) >= 11 is 0. The van der Waals surface area contributed by atoms with Crippen molar-refractivity contribution in [3.8, 4) is 0 Å². The number of halogens is 1. The van der Waals surface area contributed by atoms with Crippen LogP contribution >= 0.6 is 0 Å². The molecule has 1 aliphatic rings. The topological polar surface area (TPSA) is 98.8 Å². The first-order valence-electron chi connectivity index (χ1n) is 9.87. The highest BCUT2D eigenvalue weighted by Crippen LogP contribution is 2.20. The molecular weight excluding hydrogens is 423 g/mol. The fourth-order valence-electron chi connectivity index (χ4n) is 3.19. The number of carbonyl (C=O) groups excluding carboxylic acids is 2. The second kappa shape index (κ2) is 9.88. The Labute approximate surface area is 181 Å². The van der Waals surface area contributed by atoms with Crippen molar-refractivity contribution in [1.29, 1.82) is 0 Å². The van der Waals surface area contributed by atoms with E-state index >= 15 is 0 Å². The van der Waals surface area contributed by atoms with Gasteiger partial charge in [-0.25, -0.2) is 17.6 Å². The minimum atomic E-state index is -3.96. The molecule has 1 fully saturated rings. The van der Waals surface area contributed by atoms with Crippen LogP contribution in [0, 0.1) is 12.7 Å². The number of carbonyl (C=O) groups is 2. The number of nitrogens with zero attached hydrogens (tertiary/aromatic N) is 2. The molecule has 2 N–H and O–H groups in total. The first-order valence-corrected chi connectivity index (χ1v) is 11.3. The molecule has 166 valence electrons. The zero-order valence-electron chi connectivity index (χ0n) is 17.2. The van der Waals surface area contributed by atoms with Crippen molar-refractivity contribution in [3.05, 3.63) is 65.5 Å². The molecule has 8 nitrogen and oxygen atoms in total. The van der Waals surface area contributed by atoms with E-state index in [1.165, 1.54) is 23.1 Å². The maximum absolute atomic E-state index is 13.9. The van der Waals surface area contributed by atoms with Crippen molar-refractivity contribution < 1.29 is 22.4 Å². The molecule has 0 radical (unpaired) electrons. The third-order valence-corrected chi connectivity index (χ3v) is 6.95. The molecular formula is C21H25FN4O4S. The SMILES string of the molecule is Cc1ccc(CNC(=O)NCC(=O)N2CCN(S(=O)(=O)c3ccccc3F)CC2)cc1. The largest absolute Gasteiger partial charge is 0.339 e. The first kappa shape index (κ1) is 22.7. The highest BCUT2D eigenvalue weighted by atomic mass is 32.2. The summed E-state index contributed by atoms with van der Waals surface area (Å²) < 4.78 is 40.3. The van der Waals surface area contributed by atoms with E-state index in [-0.39, 0.29) is 43.5 Å². The number of nitrogens with one attached hydrogen (secondary N) is 2. The van der Waals surface area contributed by atoms with Crippen LogP contribution in [0.2, 0.25) is 0 Å². The van der Waals surface area contributed by atoms with Gasteiger partial charge in [0.25, 0.3) is 0 Å². The average molecular weight is 449 g/mol. The standard InChI is InChI=1S/C21H25FN4O4S/c1-16-6-8-17(9-7-16)14-23-21(28)24-15-20(27)25-10-12-26(13-11-25)31(29,30)19-5-3-2-4-18(19)22/h2-9H,10-15H2,1H3,(H2,23,24,28). The van der Waals surface area contributed by atoms with Crippen molar-refractivity contribution in [2.24, 2.45) is 0 Å². The van der Waals surface area contributed by atoms with E-state index in [1.54, 1.807) is 0 Å². The molecule has 1 saturated heterocycles. The Bertz CT molecular complexity index is 1040. The summed E-state index contributed by atoms with van der Waals surface area (Å²) in [5, 5.41) is 5.20. The average Bonchev–Trinajstić information content (AvgIpc) is 2.77. The van der Waals surface area contributed by atoms with Crippen molar-refractivity contribution in [2.45, 2.75) is 18.4 Å². The molecule has 2 aromatic rings. The van der Waals surface area contributed by atoms with Crippen LogP contribution in [0.25, 0.3) is 0 Å². The number of aryl methyl sites for hydroxylation is 1. The Morgan fingerprint density at radius 2 is 1.61 bits per heavy atom. The van der Waals surface area contributed by atoms with Crippen LogP contribution in [-0.4, -0.2) is 62.3 Å². The molecule has 1 aliphatic heterocycles. The summed E-state index contributed by atoms with van der Waals surface area (Å²) in [6.07, 6.45) is 0. The third kappa shape index (κ3) is 5.80. The van der Waals surface area contributed by atoms with Crippen molar-refractivity contribution in [1.82, 2.24) is 19.8 Å². The first-order chi connectivity index (χ1) is 14.8. The second-order valence-corrected chi connectivity index (χ2v) is 9.14. The minimum absolute atomic E-state index is 0.0576. The lowest BCUT2D eigenvalue weighted by Crippen LogP contribution is -2.53. The maximum atomic E-state index is 13.9. The Hall–Kier alpha value is -2.98. The number of urea groups is 1. The number of amides is 3. The number of benzene rings is 2. The van der Waals surface area contributed by atoms with Crippen LogP contribution in [0.3, 0.4) is 0 Å². The molecule has 0 saturated carbocycles. The summed E-state index contributed by atoms with van der Waals surface area (Å²) in [4.78, 5) is 25.4. The van der Waals surface area contributed by atoms with Gasteiger partial charge in [0, 0.05) is 32.7 Å². The van der Waals surface area contributed by atoms with Gasteiger partial charge in [-0.05, 0) is 24.6 Å². The molecule has 0 bridgehead atoms. The van der Waals surface area contributed by atoms with Crippen LogP contribution in [-0.2, 0) is 21.4 Å². The monoisotopic (exact) mass is 448 g/mol. The second-order valence-electron chi connectivity index (χ2n) is 7.24. The van der Waals surface area contributed by atoms with E-state index < -0.39 is 21.9 Å². The molecule has 1 heterocycles. The van der Waals surface area contributed by atoms with Crippen LogP contribution < -0.4 is 10.6 Å². The quantitative estimate of drug-likeness (QED) is 0.699. The minimum Gasteiger partial charge on any atom is -0.339 e. The molecule has 31 heavy (non-hydrogen) atoms. The number of rotatable bonds is 6. The number of hydrogen-bond donors (Lipinski definition) is 2. The lowest BCUT2D eigenvalue weighted by Gasteiger charge is -2.34. The highest BCUT2D eigenvalue weighted by molar-refractivity contribution is 7.89. The number of piperazine rings is 1. The number of hydrogen-bond acceptors (Lipinski definition) is 4. The van der Waals surface area contributed by atoms with Crippen molar-refractivity contribution >= 4 is 22.0 Å². The van der Waals surface area contributed by atoms with Gasteiger partial charge in [-0.1, -0.05) is 42.0 Å². The van der Waals surface area contributed by atoms with Gasteiger partial charge >= 0.3 is 6.03 Å². The Morgan fingerprint density at radius 3 is 2.26 bits per heavy atom. The molecule has 3 amide bonds. The van der Waals surface area contributed by atoms with Gasteiger partial charge in [0.05, 0.1) is 6.54 Å². The Balaban J connectivity index is 1.44. The Kier molecular flexibility index (Phi) is 7.24. The molecule has 0 aromatic heterocycles. The van der Waals surface area contributed by atoms with Crippen molar-refractivity contribution in [3.63, 3.8) is 0 Å². The molecule has 3 rings (SSSR count). The molecule has 0 unspecified atom stereocenters. The fourth-order valence-corrected chi connectivity index (χ4v) is 4.68. The van der Waals surface area contributed by atoms with E-state index in [2.05, 4.69) is 10.6 Å². The molecule has 0 spiro atoms. The van der Waals surface area contributed by atoms with Gasteiger partial charge in [-0.2, -0.15) is 4.31 Å². The Morgan fingerprint density at radius 1 is 0.968 bits per heavy atom. The predicted octanol–water partition coefficient (Wildman–Crippen LogP) is 1.47. The van der Waals surface area contributed by atoms with Gasteiger partial charge in [-0.3, -0.25) is 4.79 Å². The predicted molar refractivity (Wildman–Crippen MR) is 113 cm³/mol. The van der Waals surface area contributed by atoms with E-state index in [9.17, 15) is 22.4 Å². The van der Waals surface area contributed by atoms with E-state index in [0.29, 0.717) is 6.54 Å². The summed E-state index contributed by atoms with van der Waals surface area (Å²) in [6.45, 7) is 2.57. The number of sulfonamides is 1. The molecule has 0 atom stereocenters. The van der Waals surface area contributed by atoms with Crippen LogP contribution in [0.1, 0.15) is 11.1 Å². The molecule has 0 aliphatic carbocycles. The molecule has 10 heteroatoms. The van der Waals surface area contributed by atoms with Gasteiger partial charge in [0.2, 0.25) is 15.9 Å². The molecule has 2 aromatic carbocycles. The van der Waals surface area contributed by atoms with Gasteiger partial charge in [-0.15, -0.1) is 0 Å². The van der Waals surface area contributed by atoms with Crippen molar-refractivity contribution in [2.75, 3.05) is 32.7 Å². The summed E-state index contributed by atoms with van der Waals surface area (Å²) in [5.41, 5.74) is 2.07. The summed E-state index contributed by atoms with van der Waals surface area (Å²) in [7, 11) is -3.96. The van der Waals surface area contributed by atoms with Crippen LogP contribution in [0.15, 0.2) is 53.4 Å². The lowest BCUT2D eigenvalue weighted by atomic mass is 10.1. The van der Waals surface area contributed by atoms with E-state index in [0.717, 1.165) is 21.5 Å². The van der Waals surface area contributed by atoms with Gasteiger partial charge < -0.3 is 15.5 Å². The zero-order valence-corrected chi connectivity index (χ0v) is 18.0. The summed E-state index contributed by atoms with van der Waals surface area (Å²) in [6, 6.07) is 12.5. The highest BCUT2D eigenvalue weighted by Gasteiger charge is 2.31. The third-order valence-electron chi connectivity index (χ3n) is 5.02.